The first-order chi connectivity index (χ1) is 12.9. The second kappa shape index (κ2) is 8.93. The van der Waals surface area contributed by atoms with Crippen LogP contribution in [0.1, 0.15) is 47.1 Å². The molecule has 1 aliphatic heterocycles. The summed E-state index contributed by atoms with van der Waals surface area (Å²) in [5, 5.41) is 3.02. The van der Waals surface area contributed by atoms with Crippen molar-refractivity contribution in [2.24, 2.45) is 5.92 Å². The maximum atomic E-state index is 12.9. The van der Waals surface area contributed by atoms with E-state index in [1.165, 1.54) is 4.31 Å². The van der Waals surface area contributed by atoms with Crippen LogP contribution in [0.2, 0.25) is 0 Å². The summed E-state index contributed by atoms with van der Waals surface area (Å²) in [4.78, 5) is 13.6. The maximum Gasteiger partial charge on any atom is 0.275 e. The summed E-state index contributed by atoms with van der Waals surface area (Å²) < 4.78 is 27.4. The largest absolute Gasteiger partial charge is 0.348 e. The molecule has 1 heterocycles. The van der Waals surface area contributed by atoms with Crippen molar-refractivity contribution in [3.63, 3.8) is 0 Å². The summed E-state index contributed by atoms with van der Waals surface area (Å²) in [5.74, 6) is 0.427. The second-order valence-corrected chi connectivity index (χ2v) is 11.1. The molecule has 1 aromatic carbocycles. The van der Waals surface area contributed by atoms with Gasteiger partial charge in [0.2, 0.25) is 10.0 Å². The molecule has 0 unspecified atom stereocenters. The van der Waals surface area contributed by atoms with Gasteiger partial charge in [0.15, 0.2) is 6.54 Å². The maximum absolute atomic E-state index is 12.9. The molecule has 0 radical (unpaired) electrons. The number of nitrogens with zero attached hydrogens (tertiary/aromatic N) is 1. The van der Waals surface area contributed by atoms with Gasteiger partial charge >= 0.3 is 0 Å². The fourth-order valence-electron chi connectivity index (χ4n) is 3.19. The van der Waals surface area contributed by atoms with Crippen LogP contribution in [0, 0.1) is 5.92 Å². The summed E-state index contributed by atoms with van der Waals surface area (Å²) in [6.45, 7) is 15.0. The lowest BCUT2D eigenvalue weighted by molar-refractivity contribution is -0.895. The highest BCUT2D eigenvalue weighted by molar-refractivity contribution is 7.89. The number of carbonyl (C=O) groups excluding carboxylic acids is 1. The molecule has 0 aliphatic carbocycles. The first-order valence-electron chi connectivity index (χ1n) is 10.1. The van der Waals surface area contributed by atoms with E-state index in [0.717, 1.165) is 10.5 Å². The Bertz CT molecular complexity index is 759. The molecule has 7 heteroatoms. The van der Waals surface area contributed by atoms with Crippen LogP contribution in [-0.4, -0.2) is 57.4 Å². The Kier molecular flexibility index (Phi) is 7.28. The summed E-state index contributed by atoms with van der Waals surface area (Å²) in [7, 11) is -3.49. The number of rotatable bonds is 6. The van der Waals surface area contributed by atoms with Gasteiger partial charge in [0.25, 0.3) is 5.91 Å². The molecule has 0 aromatic heterocycles. The van der Waals surface area contributed by atoms with Gasteiger partial charge in [-0.25, -0.2) is 8.42 Å². The Hall–Kier alpha value is -1.44. The number of piperazine rings is 1. The fraction of sp³-hybridized carbons (Fsp3) is 0.667. The number of amides is 1. The molecule has 2 rings (SSSR count). The number of hydrogen-bond donors (Lipinski definition) is 2. The Morgan fingerprint density at radius 2 is 1.64 bits per heavy atom. The van der Waals surface area contributed by atoms with Gasteiger partial charge in [-0.3, -0.25) is 4.79 Å². The van der Waals surface area contributed by atoms with Crippen LogP contribution in [0.25, 0.3) is 0 Å². The molecule has 0 saturated carbocycles. The average Bonchev–Trinajstić information content (AvgIpc) is 2.61. The van der Waals surface area contributed by atoms with Crippen LogP contribution in [0.5, 0.6) is 0 Å². The Labute approximate surface area is 170 Å². The topological polar surface area (TPSA) is 70.9 Å². The molecule has 1 amide bonds. The van der Waals surface area contributed by atoms with E-state index in [4.69, 9.17) is 0 Å². The summed E-state index contributed by atoms with van der Waals surface area (Å²) in [6, 6.07) is 7.35. The van der Waals surface area contributed by atoms with Gasteiger partial charge in [-0.1, -0.05) is 46.8 Å². The number of quaternary nitrogens is 1. The van der Waals surface area contributed by atoms with E-state index in [-0.39, 0.29) is 17.4 Å². The van der Waals surface area contributed by atoms with E-state index in [9.17, 15) is 13.2 Å². The zero-order chi connectivity index (χ0) is 21.1. The van der Waals surface area contributed by atoms with Crippen LogP contribution in [0.4, 0.5) is 0 Å². The lowest BCUT2D eigenvalue weighted by atomic mass is 9.87. The number of nitrogens with one attached hydrogen (secondary N) is 2. The molecule has 0 spiro atoms. The number of carbonyl (C=O) groups is 1. The predicted molar refractivity (Wildman–Crippen MR) is 112 cm³/mol. The molecule has 1 atom stereocenters. The van der Waals surface area contributed by atoms with Crippen molar-refractivity contribution in [2.75, 3.05) is 32.7 Å². The Morgan fingerprint density at radius 3 is 2.11 bits per heavy atom. The summed E-state index contributed by atoms with van der Waals surface area (Å²) >= 11 is 0. The van der Waals surface area contributed by atoms with E-state index >= 15 is 0 Å². The van der Waals surface area contributed by atoms with Gasteiger partial charge < -0.3 is 10.2 Å². The van der Waals surface area contributed by atoms with Crippen LogP contribution in [-0.2, 0) is 20.2 Å². The molecule has 1 aromatic rings. The monoisotopic (exact) mass is 410 g/mol. The van der Waals surface area contributed by atoms with Gasteiger partial charge in [0.05, 0.1) is 31.1 Å². The molecular formula is C21H36N3O3S+. The van der Waals surface area contributed by atoms with Gasteiger partial charge in [-0.15, -0.1) is 0 Å². The van der Waals surface area contributed by atoms with Crippen LogP contribution >= 0.6 is 0 Å². The van der Waals surface area contributed by atoms with Crippen molar-refractivity contribution in [1.29, 1.82) is 0 Å². The molecule has 2 N–H and O–H groups in total. The van der Waals surface area contributed by atoms with Gasteiger partial charge in [-0.05, 0) is 36.0 Å². The molecule has 28 heavy (non-hydrogen) atoms. The minimum atomic E-state index is -3.49. The van der Waals surface area contributed by atoms with E-state index < -0.39 is 10.0 Å². The Morgan fingerprint density at radius 1 is 1.11 bits per heavy atom. The van der Waals surface area contributed by atoms with Crippen molar-refractivity contribution in [1.82, 2.24) is 9.62 Å². The lowest BCUT2D eigenvalue weighted by Crippen LogP contribution is -3.15. The van der Waals surface area contributed by atoms with Gasteiger partial charge in [-0.2, -0.15) is 4.31 Å². The molecule has 0 bridgehead atoms. The minimum absolute atomic E-state index is 0.00901. The third kappa shape index (κ3) is 5.78. The zero-order valence-electron chi connectivity index (χ0n) is 18.1. The van der Waals surface area contributed by atoms with E-state index in [0.29, 0.717) is 43.5 Å². The highest BCUT2D eigenvalue weighted by Gasteiger charge is 2.31. The van der Waals surface area contributed by atoms with Gasteiger partial charge in [0.1, 0.15) is 0 Å². The molecule has 1 aliphatic rings. The smallest absolute Gasteiger partial charge is 0.275 e. The summed E-state index contributed by atoms with van der Waals surface area (Å²) in [5.41, 5.74) is 1.10. The summed E-state index contributed by atoms with van der Waals surface area (Å²) in [6.07, 6.45) is 0. The number of hydrogen-bond acceptors (Lipinski definition) is 3. The standard InChI is InChI=1S/C21H35N3O3S/c1-16(2)17(3)22-20(25)15-23-11-13-24(14-12-23)28(26,27)19-9-7-18(8-10-19)21(4,5)6/h7-10,16-17H,11-15H2,1-6H3,(H,22,25)/p+1/t17-/m0/s1. The SMILES string of the molecule is CC(C)[C@H](C)NC(=O)C[NH+]1CCN(S(=O)(=O)c2ccc(C(C)(C)C)cc2)CC1. The van der Waals surface area contributed by atoms with Crippen molar-refractivity contribution in [3.05, 3.63) is 29.8 Å². The van der Waals surface area contributed by atoms with Crippen molar-refractivity contribution in [2.45, 2.75) is 57.9 Å². The second-order valence-electron chi connectivity index (χ2n) is 9.21. The van der Waals surface area contributed by atoms with Crippen LogP contribution in [0.3, 0.4) is 0 Å². The highest BCUT2D eigenvalue weighted by Crippen LogP contribution is 2.24. The molecule has 6 nitrogen and oxygen atoms in total. The first kappa shape index (κ1) is 22.8. The van der Waals surface area contributed by atoms with Crippen LogP contribution < -0.4 is 10.2 Å². The van der Waals surface area contributed by atoms with Crippen LogP contribution in [0.15, 0.2) is 29.2 Å². The quantitative estimate of drug-likeness (QED) is 0.736. The molecule has 1 saturated heterocycles. The molecule has 158 valence electrons. The third-order valence-electron chi connectivity index (χ3n) is 5.59. The Balaban J connectivity index is 1.94. The number of benzene rings is 1. The van der Waals surface area contributed by atoms with Gasteiger partial charge in [0, 0.05) is 6.04 Å². The normalized spacial score (nSPS) is 18.2. The first-order valence-corrected chi connectivity index (χ1v) is 11.6. The van der Waals surface area contributed by atoms with E-state index in [2.05, 4.69) is 39.9 Å². The van der Waals surface area contributed by atoms with E-state index in [1.54, 1.807) is 12.1 Å². The molecule has 1 fully saturated rings. The van der Waals surface area contributed by atoms with Crippen molar-refractivity contribution >= 4 is 15.9 Å². The minimum Gasteiger partial charge on any atom is -0.348 e. The van der Waals surface area contributed by atoms with E-state index in [1.807, 2.05) is 19.1 Å². The number of sulfonamides is 1. The lowest BCUT2D eigenvalue weighted by Gasteiger charge is -2.31. The van der Waals surface area contributed by atoms with Crippen molar-refractivity contribution in [3.8, 4) is 0 Å². The highest BCUT2D eigenvalue weighted by atomic mass is 32.2. The predicted octanol–water partition coefficient (Wildman–Crippen LogP) is 1.03. The average molecular weight is 411 g/mol. The fourth-order valence-corrected chi connectivity index (χ4v) is 4.64. The zero-order valence-corrected chi connectivity index (χ0v) is 18.9. The third-order valence-corrected chi connectivity index (χ3v) is 7.50. The van der Waals surface area contributed by atoms with Crippen molar-refractivity contribution < 1.29 is 18.1 Å². The molecular weight excluding hydrogens is 374 g/mol.